The zero-order valence-corrected chi connectivity index (χ0v) is 12.4. The van der Waals surface area contributed by atoms with Gasteiger partial charge in [-0.25, -0.2) is 0 Å². The molecule has 1 aliphatic heterocycles. The number of methoxy groups -OCH3 is 1. The summed E-state index contributed by atoms with van der Waals surface area (Å²) in [5, 5.41) is 6.99. The van der Waals surface area contributed by atoms with Crippen LogP contribution >= 0.6 is 24.8 Å². The summed E-state index contributed by atoms with van der Waals surface area (Å²) < 4.78 is 5.23. The van der Waals surface area contributed by atoms with Crippen LogP contribution in [0, 0.1) is 0 Å². The summed E-state index contributed by atoms with van der Waals surface area (Å²) in [6.45, 7) is 4.41. The van der Waals surface area contributed by atoms with Crippen molar-refractivity contribution in [3.05, 3.63) is 29.8 Å². The Bertz CT molecular complexity index is 344. The van der Waals surface area contributed by atoms with Crippen LogP contribution in [-0.4, -0.2) is 26.2 Å². The van der Waals surface area contributed by atoms with Crippen molar-refractivity contribution in [2.75, 3.05) is 20.2 Å². The van der Waals surface area contributed by atoms with Gasteiger partial charge >= 0.3 is 0 Å². The largest absolute Gasteiger partial charge is 0.497 e. The Labute approximate surface area is 121 Å². The Morgan fingerprint density at radius 2 is 2.17 bits per heavy atom. The predicted molar refractivity (Wildman–Crippen MR) is 80.3 cm³/mol. The first-order chi connectivity index (χ1) is 7.79. The molecule has 1 saturated heterocycles. The van der Waals surface area contributed by atoms with Gasteiger partial charge in [0.2, 0.25) is 0 Å². The minimum Gasteiger partial charge on any atom is -0.497 e. The molecule has 1 aliphatic rings. The Balaban J connectivity index is 0.00000144. The van der Waals surface area contributed by atoms with Crippen molar-refractivity contribution in [2.24, 2.45) is 0 Å². The summed E-state index contributed by atoms with van der Waals surface area (Å²) in [5.41, 5.74) is 1.28. The van der Waals surface area contributed by atoms with Gasteiger partial charge < -0.3 is 15.4 Å². The van der Waals surface area contributed by atoms with E-state index in [1.54, 1.807) is 7.11 Å². The Hall–Kier alpha value is -0.480. The first-order valence-electron chi connectivity index (χ1n) is 5.90. The Morgan fingerprint density at radius 1 is 1.39 bits per heavy atom. The highest BCUT2D eigenvalue weighted by Gasteiger charge is 2.17. The van der Waals surface area contributed by atoms with Crippen LogP contribution in [0.1, 0.15) is 24.9 Å². The van der Waals surface area contributed by atoms with Crippen LogP contribution < -0.4 is 15.4 Å². The smallest absolute Gasteiger partial charge is 0.119 e. The van der Waals surface area contributed by atoms with Crippen molar-refractivity contribution in [1.29, 1.82) is 0 Å². The molecule has 104 valence electrons. The van der Waals surface area contributed by atoms with E-state index < -0.39 is 0 Å². The third kappa shape index (κ3) is 4.65. The molecule has 3 nitrogen and oxygen atoms in total. The molecule has 1 fully saturated rings. The van der Waals surface area contributed by atoms with E-state index in [4.69, 9.17) is 4.74 Å². The number of ether oxygens (including phenoxy) is 1. The molecule has 5 heteroatoms. The zero-order chi connectivity index (χ0) is 11.4. The molecule has 2 N–H and O–H groups in total. The van der Waals surface area contributed by atoms with Gasteiger partial charge in [-0.15, -0.1) is 24.8 Å². The molecule has 0 amide bonds. The van der Waals surface area contributed by atoms with Crippen LogP contribution in [0.2, 0.25) is 0 Å². The molecule has 0 unspecified atom stereocenters. The number of benzene rings is 1. The molecular weight excluding hydrogens is 271 g/mol. The van der Waals surface area contributed by atoms with Gasteiger partial charge in [0.1, 0.15) is 5.75 Å². The second-order valence-corrected chi connectivity index (χ2v) is 4.35. The molecule has 1 aromatic rings. The van der Waals surface area contributed by atoms with Crippen LogP contribution in [0.15, 0.2) is 24.3 Å². The van der Waals surface area contributed by atoms with Crippen molar-refractivity contribution in [1.82, 2.24) is 10.6 Å². The summed E-state index contributed by atoms with van der Waals surface area (Å²) in [6.07, 6.45) is 1.22. The summed E-state index contributed by atoms with van der Waals surface area (Å²) in [6, 6.07) is 9.23. The highest BCUT2D eigenvalue weighted by molar-refractivity contribution is 5.85. The van der Waals surface area contributed by atoms with Gasteiger partial charge in [0.15, 0.2) is 0 Å². The second kappa shape index (κ2) is 8.59. The maximum atomic E-state index is 5.23. The quantitative estimate of drug-likeness (QED) is 0.895. The highest BCUT2D eigenvalue weighted by atomic mass is 35.5. The number of rotatable bonds is 4. The molecule has 2 rings (SSSR count). The minimum absolute atomic E-state index is 0. The van der Waals surface area contributed by atoms with E-state index in [0.29, 0.717) is 12.1 Å². The second-order valence-electron chi connectivity index (χ2n) is 4.35. The third-order valence-electron chi connectivity index (χ3n) is 3.14. The third-order valence-corrected chi connectivity index (χ3v) is 3.14. The van der Waals surface area contributed by atoms with Gasteiger partial charge in [-0.1, -0.05) is 12.1 Å². The average Bonchev–Trinajstić information content (AvgIpc) is 2.82. The van der Waals surface area contributed by atoms with E-state index >= 15 is 0 Å². The van der Waals surface area contributed by atoms with E-state index in [-0.39, 0.29) is 24.8 Å². The van der Waals surface area contributed by atoms with Crippen LogP contribution in [0.3, 0.4) is 0 Å². The Morgan fingerprint density at radius 3 is 2.78 bits per heavy atom. The predicted octanol–water partition coefficient (Wildman–Crippen LogP) is 2.55. The average molecular weight is 293 g/mol. The molecule has 0 bridgehead atoms. The monoisotopic (exact) mass is 292 g/mol. The SMILES string of the molecule is COc1cccc([C@@H](C)N[C@@H]2CCNC2)c1.Cl.Cl. The van der Waals surface area contributed by atoms with Gasteiger partial charge in [-0.2, -0.15) is 0 Å². The maximum Gasteiger partial charge on any atom is 0.119 e. The summed E-state index contributed by atoms with van der Waals surface area (Å²) >= 11 is 0. The number of hydrogen-bond donors (Lipinski definition) is 2. The lowest BCUT2D eigenvalue weighted by molar-refractivity contribution is 0.412. The van der Waals surface area contributed by atoms with Crippen molar-refractivity contribution in [3.8, 4) is 5.75 Å². The van der Waals surface area contributed by atoms with Crippen LogP contribution in [0.4, 0.5) is 0 Å². The van der Waals surface area contributed by atoms with Crippen LogP contribution in [0.25, 0.3) is 0 Å². The molecule has 0 spiro atoms. The van der Waals surface area contributed by atoms with Crippen LogP contribution in [-0.2, 0) is 0 Å². The molecular formula is C13H22Cl2N2O. The molecule has 0 saturated carbocycles. The van der Waals surface area contributed by atoms with Gasteiger partial charge in [0.05, 0.1) is 7.11 Å². The van der Waals surface area contributed by atoms with E-state index in [0.717, 1.165) is 18.8 Å². The molecule has 2 atom stereocenters. The first kappa shape index (κ1) is 17.5. The maximum absolute atomic E-state index is 5.23. The fourth-order valence-electron chi connectivity index (χ4n) is 2.16. The minimum atomic E-state index is 0. The van der Waals surface area contributed by atoms with E-state index in [1.165, 1.54) is 12.0 Å². The van der Waals surface area contributed by atoms with Gasteiger partial charge in [-0.3, -0.25) is 0 Å². The Kier molecular flexibility index (Phi) is 8.36. The zero-order valence-electron chi connectivity index (χ0n) is 10.8. The molecule has 1 aromatic carbocycles. The van der Waals surface area contributed by atoms with Crippen LogP contribution in [0.5, 0.6) is 5.75 Å². The van der Waals surface area contributed by atoms with Crippen molar-refractivity contribution in [2.45, 2.75) is 25.4 Å². The van der Waals surface area contributed by atoms with Gasteiger partial charge in [0.25, 0.3) is 0 Å². The lowest BCUT2D eigenvalue weighted by Crippen LogP contribution is -2.33. The van der Waals surface area contributed by atoms with Gasteiger partial charge in [-0.05, 0) is 37.6 Å². The molecule has 0 aliphatic carbocycles. The van der Waals surface area contributed by atoms with Crippen molar-refractivity contribution < 1.29 is 4.74 Å². The fourth-order valence-corrected chi connectivity index (χ4v) is 2.16. The van der Waals surface area contributed by atoms with E-state index in [9.17, 15) is 0 Å². The summed E-state index contributed by atoms with van der Waals surface area (Å²) in [4.78, 5) is 0. The molecule has 1 heterocycles. The van der Waals surface area contributed by atoms with Crippen molar-refractivity contribution >= 4 is 24.8 Å². The summed E-state index contributed by atoms with van der Waals surface area (Å²) in [5.74, 6) is 0.927. The molecule has 0 aromatic heterocycles. The van der Waals surface area contributed by atoms with E-state index in [2.05, 4.69) is 29.7 Å². The first-order valence-corrected chi connectivity index (χ1v) is 5.90. The van der Waals surface area contributed by atoms with Crippen molar-refractivity contribution in [3.63, 3.8) is 0 Å². The number of hydrogen-bond acceptors (Lipinski definition) is 3. The lowest BCUT2D eigenvalue weighted by Gasteiger charge is -2.19. The standard InChI is InChI=1S/C13H20N2O.2ClH/c1-10(15-12-6-7-14-9-12)11-4-3-5-13(8-11)16-2;;/h3-5,8,10,12,14-15H,6-7,9H2,1-2H3;2*1H/t10-,12-;;/m1../s1. The fraction of sp³-hybridized carbons (Fsp3) is 0.538. The summed E-state index contributed by atoms with van der Waals surface area (Å²) in [7, 11) is 1.71. The van der Waals surface area contributed by atoms with E-state index in [1.807, 2.05) is 12.1 Å². The number of halogens is 2. The normalized spacial score (nSPS) is 19.6. The lowest BCUT2D eigenvalue weighted by atomic mass is 10.1. The van der Waals surface area contributed by atoms with Gasteiger partial charge in [0, 0.05) is 18.6 Å². The molecule has 18 heavy (non-hydrogen) atoms. The highest BCUT2D eigenvalue weighted by Crippen LogP contribution is 2.19. The molecule has 0 radical (unpaired) electrons. The number of nitrogens with one attached hydrogen (secondary N) is 2. The topological polar surface area (TPSA) is 33.3 Å².